The van der Waals surface area contributed by atoms with Gasteiger partial charge in [0.25, 0.3) is 0 Å². The van der Waals surface area contributed by atoms with Gasteiger partial charge in [0.1, 0.15) is 0 Å². The van der Waals surface area contributed by atoms with Gasteiger partial charge in [-0.1, -0.05) is 67.1 Å². The minimum Gasteiger partial charge on any atom is -0.326 e. The van der Waals surface area contributed by atoms with Crippen LogP contribution in [0, 0.1) is 11.8 Å². The Bertz CT molecular complexity index is 979. The number of nitrogens with one attached hydrogen (secondary N) is 1. The van der Waals surface area contributed by atoms with Crippen molar-refractivity contribution >= 4 is 23.2 Å². The van der Waals surface area contributed by atoms with E-state index in [0.717, 1.165) is 5.69 Å². The fourth-order valence-corrected chi connectivity index (χ4v) is 5.23. The van der Waals surface area contributed by atoms with Crippen LogP contribution in [0.25, 0.3) is 0 Å². The van der Waals surface area contributed by atoms with E-state index in [1.165, 1.54) is 22.3 Å². The van der Waals surface area contributed by atoms with Crippen LogP contribution in [0.4, 0.5) is 5.69 Å². The van der Waals surface area contributed by atoms with E-state index >= 15 is 0 Å². The molecule has 3 heteroatoms. The molecule has 0 saturated heterocycles. The molecule has 0 fully saturated rings. The van der Waals surface area contributed by atoms with E-state index in [2.05, 4.69) is 60.8 Å². The number of benzene rings is 3. The van der Waals surface area contributed by atoms with Crippen molar-refractivity contribution in [3.05, 3.63) is 100 Å². The Labute approximate surface area is 164 Å². The monoisotopic (exact) mass is 373 g/mol. The maximum atomic E-state index is 13.3. The van der Waals surface area contributed by atoms with Crippen molar-refractivity contribution in [2.45, 2.75) is 18.8 Å². The van der Waals surface area contributed by atoms with E-state index in [1.807, 2.05) is 12.1 Å². The van der Waals surface area contributed by atoms with Crippen LogP contribution in [0.5, 0.6) is 0 Å². The van der Waals surface area contributed by atoms with Gasteiger partial charge in [-0.3, -0.25) is 4.79 Å². The van der Waals surface area contributed by atoms with Gasteiger partial charge in [0.2, 0.25) is 5.91 Å². The van der Waals surface area contributed by atoms with Gasteiger partial charge < -0.3 is 5.32 Å². The summed E-state index contributed by atoms with van der Waals surface area (Å²) in [7, 11) is 0. The third kappa shape index (κ3) is 2.51. The molecule has 2 nitrogen and oxygen atoms in total. The van der Waals surface area contributed by atoms with Crippen molar-refractivity contribution in [3.8, 4) is 0 Å². The Kier molecular flexibility index (Phi) is 3.84. The minimum absolute atomic E-state index is 0.0869. The summed E-state index contributed by atoms with van der Waals surface area (Å²) in [5.74, 6) is 0.611. The van der Waals surface area contributed by atoms with Crippen LogP contribution in [0.3, 0.4) is 0 Å². The molecule has 0 unspecified atom stereocenters. The first kappa shape index (κ1) is 16.6. The van der Waals surface area contributed by atoms with E-state index in [-0.39, 0.29) is 29.6 Å². The van der Waals surface area contributed by atoms with Crippen LogP contribution in [0.2, 0.25) is 5.02 Å². The lowest BCUT2D eigenvalue weighted by Gasteiger charge is -2.49. The summed E-state index contributed by atoms with van der Waals surface area (Å²) in [5.41, 5.74) is 6.15. The number of fused-ring (bicyclic) bond motifs is 1. The summed E-state index contributed by atoms with van der Waals surface area (Å²) in [4.78, 5) is 13.3. The highest BCUT2D eigenvalue weighted by molar-refractivity contribution is 6.30. The molecule has 0 aliphatic heterocycles. The van der Waals surface area contributed by atoms with Gasteiger partial charge >= 0.3 is 0 Å². The van der Waals surface area contributed by atoms with E-state index < -0.39 is 0 Å². The third-order valence-corrected chi connectivity index (χ3v) is 6.45. The highest BCUT2D eigenvalue weighted by Crippen LogP contribution is 2.58. The van der Waals surface area contributed by atoms with Crippen molar-refractivity contribution in [3.63, 3.8) is 0 Å². The summed E-state index contributed by atoms with van der Waals surface area (Å²) in [6.45, 7) is 2.22. The average molecular weight is 374 g/mol. The van der Waals surface area contributed by atoms with Gasteiger partial charge in [-0.25, -0.2) is 0 Å². The first-order valence-corrected chi connectivity index (χ1v) is 9.77. The van der Waals surface area contributed by atoms with Crippen LogP contribution in [0.1, 0.15) is 41.0 Å². The quantitative estimate of drug-likeness (QED) is 0.602. The number of carbonyl (C=O) groups excluding carboxylic acids is 1. The minimum atomic E-state index is -0.0875. The third-order valence-electron chi connectivity index (χ3n) is 6.20. The summed E-state index contributed by atoms with van der Waals surface area (Å²) >= 11 is 5.97. The number of amides is 1. The normalized spacial score (nSPS) is 24.8. The van der Waals surface area contributed by atoms with Gasteiger partial charge in [0.05, 0.1) is 5.92 Å². The molecule has 3 aromatic carbocycles. The topological polar surface area (TPSA) is 29.1 Å². The number of halogens is 1. The predicted octanol–water partition coefficient (Wildman–Crippen LogP) is 5.82. The summed E-state index contributed by atoms with van der Waals surface area (Å²) in [6.07, 6.45) is 0. The second-order valence-electron chi connectivity index (χ2n) is 7.59. The second-order valence-corrected chi connectivity index (χ2v) is 8.03. The number of hydrogen-bond acceptors (Lipinski definition) is 1. The number of hydrogen-bond donors (Lipinski definition) is 1. The van der Waals surface area contributed by atoms with Crippen molar-refractivity contribution < 1.29 is 4.79 Å². The Morgan fingerprint density at radius 1 is 0.778 bits per heavy atom. The van der Waals surface area contributed by atoms with E-state index in [1.54, 1.807) is 12.1 Å². The van der Waals surface area contributed by atoms with Crippen LogP contribution < -0.4 is 5.32 Å². The molecule has 3 aliphatic carbocycles. The number of carbonyl (C=O) groups is 1. The molecule has 0 heterocycles. The lowest BCUT2D eigenvalue weighted by molar-refractivity contribution is -0.122. The van der Waals surface area contributed by atoms with Gasteiger partial charge in [-0.15, -0.1) is 0 Å². The molecule has 2 atom stereocenters. The van der Waals surface area contributed by atoms with Gasteiger partial charge in [-0.2, -0.15) is 0 Å². The van der Waals surface area contributed by atoms with Crippen LogP contribution >= 0.6 is 11.6 Å². The number of anilines is 1. The molecule has 0 aromatic heterocycles. The summed E-state index contributed by atoms with van der Waals surface area (Å²) in [5, 5.41) is 3.79. The fourth-order valence-electron chi connectivity index (χ4n) is 5.10. The molecule has 0 radical (unpaired) electrons. The smallest absolute Gasteiger partial charge is 0.228 e. The van der Waals surface area contributed by atoms with Crippen LogP contribution in [-0.4, -0.2) is 5.91 Å². The Morgan fingerprint density at radius 2 is 1.26 bits per heavy atom. The molecule has 0 spiro atoms. The predicted molar refractivity (Wildman–Crippen MR) is 109 cm³/mol. The maximum Gasteiger partial charge on any atom is 0.228 e. The molecule has 1 N–H and O–H groups in total. The van der Waals surface area contributed by atoms with Crippen LogP contribution in [0.15, 0.2) is 72.8 Å². The van der Waals surface area contributed by atoms with Crippen LogP contribution in [-0.2, 0) is 4.79 Å². The van der Waals surface area contributed by atoms with Crippen molar-refractivity contribution in [2.24, 2.45) is 11.8 Å². The fraction of sp³-hybridized carbons (Fsp3) is 0.208. The van der Waals surface area contributed by atoms with Crippen molar-refractivity contribution in [1.29, 1.82) is 0 Å². The summed E-state index contributed by atoms with van der Waals surface area (Å²) in [6, 6.07) is 24.5. The zero-order valence-corrected chi connectivity index (χ0v) is 15.8. The molecular weight excluding hydrogens is 354 g/mol. The number of rotatable bonds is 2. The zero-order valence-electron chi connectivity index (χ0n) is 15.0. The van der Waals surface area contributed by atoms with E-state index in [0.29, 0.717) is 5.02 Å². The molecule has 6 rings (SSSR count). The molecule has 134 valence electrons. The maximum absolute atomic E-state index is 13.3. The summed E-state index contributed by atoms with van der Waals surface area (Å²) < 4.78 is 0. The molecule has 3 aromatic rings. The molecule has 0 saturated carbocycles. The van der Waals surface area contributed by atoms with Gasteiger partial charge in [-0.05, 0) is 52.4 Å². The molecule has 27 heavy (non-hydrogen) atoms. The molecule has 2 bridgehead atoms. The van der Waals surface area contributed by atoms with Crippen molar-refractivity contribution in [1.82, 2.24) is 0 Å². The Morgan fingerprint density at radius 3 is 1.78 bits per heavy atom. The first-order chi connectivity index (χ1) is 13.1. The highest BCUT2D eigenvalue weighted by Gasteiger charge is 2.50. The standard InChI is InChI=1S/C24H20ClNO/c1-14-21-17-6-2-4-8-19(17)23(20-9-5-3-7-18(20)21)22(14)24(27)26-16-12-10-15(25)11-13-16/h2-14,21-23H,1H3,(H,26,27)/t14-,21?,22+,23?/m1/s1. The lowest BCUT2D eigenvalue weighted by atomic mass is 9.54. The van der Waals surface area contributed by atoms with Gasteiger partial charge in [0, 0.05) is 22.5 Å². The van der Waals surface area contributed by atoms with Gasteiger partial charge in [0.15, 0.2) is 0 Å². The highest BCUT2D eigenvalue weighted by atomic mass is 35.5. The van der Waals surface area contributed by atoms with E-state index in [9.17, 15) is 4.79 Å². The van der Waals surface area contributed by atoms with Crippen molar-refractivity contribution in [2.75, 3.05) is 5.32 Å². The Hall–Kier alpha value is -2.58. The average Bonchev–Trinajstić information content (AvgIpc) is 2.69. The molecule has 3 aliphatic rings. The zero-order chi connectivity index (χ0) is 18.5. The lowest BCUT2D eigenvalue weighted by Crippen LogP contribution is -2.44. The Balaban J connectivity index is 1.58. The second kappa shape index (κ2) is 6.24. The largest absolute Gasteiger partial charge is 0.326 e. The SMILES string of the molecule is C[C@@H]1C2c3ccccc3C(c3ccccc32)[C@H]1C(=O)Nc1ccc(Cl)cc1. The molecular formula is C24H20ClNO. The molecule has 1 amide bonds. The first-order valence-electron chi connectivity index (χ1n) is 9.39. The van der Waals surface area contributed by atoms with E-state index in [4.69, 9.17) is 11.6 Å².